The fourth-order valence-corrected chi connectivity index (χ4v) is 4.08. The van der Waals surface area contributed by atoms with E-state index in [4.69, 9.17) is 0 Å². The van der Waals surface area contributed by atoms with Crippen molar-refractivity contribution in [3.63, 3.8) is 0 Å². The highest BCUT2D eigenvalue weighted by Gasteiger charge is 2.28. The van der Waals surface area contributed by atoms with Gasteiger partial charge >= 0.3 is 6.18 Å². The van der Waals surface area contributed by atoms with Crippen LogP contribution in [0.5, 0.6) is 0 Å². The summed E-state index contributed by atoms with van der Waals surface area (Å²) in [7, 11) is 0. The lowest BCUT2D eigenvalue weighted by atomic mass is 9.95. The Bertz CT molecular complexity index is 649. The number of hydrogen-bond acceptors (Lipinski definition) is 3. The molecule has 3 rings (SSSR count). The van der Waals surface area contributed by atoms with Gasteiger partial charge < -0.3 is 0 Å². The number of nitrogens with zero attached hydrogens (tertiary/aromatic N) is 3. The number of rotatable bonds is 5. The van der Waals surface area contributed by atoms with Gasteiger partial charge in [-0.25, -0.2) is 0 Å². The molecular weight excluding hydrogens is 335 g/mol. The second-order valence-electron chi connectivity index (χ2n) is 6.05. The Morgan fingerprint density at radius 2 is 1.75 bits per heavy atom. The van der Waals surface area contributed by atoms with E-state index in [1.54, 1.807) is 0 Å². The highest BCUT2D eigenvalue weighted by molar-refractivity contribution is 7.99. The van der Waals surface area contributed by atoms with Crippen LogP contribution in [0.15, 0.2) is 35.5 Å². The van der Waals surface area contributed by atoms with Crippen LogP contribution >= 0.6 is 11.8 Å². The van der Waals surface area contributed by atoms with Crippen LogP contribution in [0, 0.1) is 0 Å². The summed E-state index contributed by atoms with van der Waals surface area (Å²) >= 11 is 1.15. The molecule has 0 bridgehead atoms. The lowest BCUT2D eigenvalue weighted by molar-refractivity contribution is -0.129. The normalized spacial score (nSPS) is 16.5. The van der Waals surface area contributed by atoms with E-state index in [1.807, 2.05) is 30.3 Å². The summed E-state index contributed by atoms with van der Waals surface area (Å²) in [4.78, 5) is 0. The van der Waals surface area contributed by atoms with Gasteiger partial charge in [-0.2, -0.15) is 13.2 Å². The smallest absolute Gasteiger partial charge is 0.299 e. The van der Waals surface area contributed by atoms with Crippen molar-refractivity contribution in [1.29, 1.82) is 0 Å². The molecule has 0 amide bonds. The predicted octanol–water partition coefficient (Wildman–Crippen LogP) is 5.49. The van der Waals surface area contributed by atoms with Gasteiger partial charge in [0.1, 0.15) is 0 Å². The van der Waals surface area contributed by atoms with Crippen LogP contribution in [0.25, 0.3) is 11.4 Å². The zero-order valence-electron chi connectivity index (χ0n) is 13.3. The fourth-order valence-electron chi connectivity index (χ4n) is 3.09. The summed E-state index contributed by atoms with van der Waals surface area (Å²) in [5.74, 6) is 0.736. The highest BCUT2D eigenvalue weighted by Crippen LogP contribution is 2.36. The lowest BCUT2D eigenvalue weighted by Crippen LogP contribution is -2.15. The molecule has 1 aliphatic carbocycles. The number of thioether (sulfide) groups is 1. The number of halogens is 3. The van der Waals surface area contributed by atoms with Crippen molar-refractivity contribution in [2.24, 2.45) is 0 Å². The van der Waals surface area contributed by atoms with Gasteiger partial charge in [0.25, 0.3) is 0 Å². The van der Waals surface area contributed by atoms with Crippen molar-refractivity contribution in [1.82, 2.24) is 14.8 Å². The first-order valence-corrected chi connectivity index (χ1v) is 9.23. The Hall–Kier alpha value is -1.50. The van der Waals surface area contributed by atoms with E-state index >= 15 is 0 Å². The monoisotopic (exact) mass is 355 g/mol. The summed E-state index contributed by atoms with van der Waals surface area (Å²) in [5.41, 5.74) is 0.957. The van der Waals surface area contributed by atoms with Crippen molar-refractivity contribution < 1.29 is 13.2 Å². The third kappa shape index (κ3) is 4.32. The molecule has 1 heterocycles. The minimum atomic E-state index is -4.13. The van der Waals surface area contributed by atoms with Gasteiger partial charge in [-0.05, 0) is 12.8 Å². The van der Waals surface area contributed by atoms with E-state index in [0.717, 1.165) is 48.8 Å². The average molecular weight is 355 g/mol. The lowest BCUT2D eigenvalue weighted by Gasteiger charge is -2.25. The molecule has 1 saturated carbocycles. The first kappa shape index (κ1) is 17.3. The van der Waals surface area contributed by atoms with Crippen molar-refractivity contribution >= 4 is 11.8 Å². The summed E-state index contributed by atoms with van der Waals surface area (Å²) in [5, 5.41) is 9.09. The maximum Gasteiger partial charge on any atom is 0.389 e. The van der Waals surface area contributed by atoms with Crippen LogP contribution < -0.4 is 0 Å². The molecule has 0 N–H and O–H groups in total. The topological polar surface area (TPSA) is 30.7 Å². The fraction of sp³-hybridized carbons (Fsp3) is 0.529. The Balaban J connectivity index is 1.86. The van der Waals surface area contributed by atoms with E-state index in [-0.39, 0.29) is 11.8 Å². The average Bonchev–Trinajstić information content (AvgIpc) is 2.99. The Labute approximate surface area is 143 Å². The number of benzene rings is 1. The van der Waals surface area contributed by atoms with Gasteiger partial charge in [-0.1, -0.05) is 61.4 Å². The number of hydrogen-bond donors (Lipinski definition) is 0. The summed E-state index contributed by atoms with van der Waals surface area (Å²) in [6.45, 7) is 0. The Kier molecular flexibility index (Phi) is 5.48. The standard InChI is InChI=1S/C17H20F3N3S/c18-17(19,20)11-12-24-16-22-21-15(13-7-3-1-4-8-13)23(16)14-9-5-2-6-10-14/h1,3-4,7-8,14H,2,5-6,9-12H2. The van der Waals surface area contributed by atoms with Crippen molar-refractivity contribution in [3.8, 4) is 11.4 Å². The van der Waals surface area contributed by atoms with E-state index in [0.29, 0.717) is 5.16 Å². The van der Waals surface area contributed by atoms with Crippen LogP contribution in [-0.2, 0) is 0 Å². The molecule has 0 spiro atoms. The van der Waals surface area contributed by atoms with Gasteiger partial charge in [0.15, 0.2) is 11.0 Å². The maximum absolute atomic E-state index is 12.4. The SMILES string of the molecule is FC(F)(F)CCSc1nnc(-c2ccccc2)n1C1CCCCC1. The zero-order chi connectivity index (χ0) is 17.0. The molecule has 1 aromatic carbocycles. The van der Waals surface area contributed by atoms with E-state index in [2.05, 4.69) is 14.8 Å². The molecule has 24 heavy (non-hydrogen) atoms. The second-order valence-corrected chi connectivity index (χ2v) is 7.11. The van der Waals surface area contributed by atoms with E-state index in [9.17, 15) is 13.2 Å². The van der Waals surface area contributed by atoms with Crippen LogP contribution in [-0.4, -0.2) is 26.7 Å². The minimum absolute atomic E-state index is 0.0247. The van der Waals surface area contributed by atoms with Gasteiger partial charge in [0, 0.05) is 17.4 Å². The maximum atomic E-state index is 12.4. The molecule has 7 heteroatoms. The van der Waals surface area contributed by atoms with Crippen LogP contribution in [0.4, 0.5) is 13.2 Å². The van der Waals surface area contributed by atoms with Crippen LogP contribution in [0.1, 0.15) is 44.6 Å². The molecule has 1 fully saturated rings. The van der Waals surface area contributed by atoms with E-state index < -0.39 is 12.6 Å². The summed E-state index contributed by atoms with van der Waals surface area (Å²) < 4.78 is 39.3. The third-order valence-electron chi connectivity index (χ3n) is 4.25. The molecule has 0 aliphatic heterocycles. The van der Waals surface area contributed by atoms with Gasteiger partial charge in [0.05, 0.1) is 6.42 Å². The van der Waals surface area contributed by atoms with Crippen LogP contribution in [0.2, 0.25) is 0 Å². The first-order chi connectivity index (χ1) is 11.5. The molecule has 1 aliphatic rings. The van der Waals surface area contributed by atoms with Gasteiger partial charge in [-0.15, -0.1) is 10.2 Å². The summed E-state index contributed by atoms with van der Waals surface area (Å²) in [6, 6.07) is 10.0. The van der Waals surface area contributed by atoms with Crippen LogP contribution in [0.3, 0.4) is 0 Å². The Morgan fingerprint density at radius 3 is 2.42 bits per heavy atom. The van der Waals surface area contributed by atoms with Crippen molar-refractivity contribution in [2.75, 3.05) is 5.75 Å². The predicted molar refractivity (Wildman–Crippen MR) is 89.0 cm³/mol. The third-order valence-corrected chi connectivity index (χ3v) is 5.20. The van der Waals surface area contributed by atoms with E-state index in [1.165, 1.54) is 6.42 Å². The molecule has 3 nitrogen and oxygen atoms in total. The molecule has 1 aromatic heterocycles. The molecular formula is C17H20F3N3S. The second kappa shape index (κ2) is 7.59. The molecule has 2 aromatic rings. The molecule has 0 saturated heterocycles. The highest BCUT2D eigenvalue weighted by atomic mass is 32.2. The summed E-state index contributed by atoms with van der Waals surface area (Å²) in [6.07, 6.45) is 0.625. The zero-order valence-corrected chi connectivity index (χ0v) is 14.1. The Morgan fingerprint density at radius 1 is 1.04 bits per heavy atom. The largest absolute Gasteiger partial charge is 0.389 e. The van der Waals surface area contributed by atoms with Crippen molar-refractivity contribution in [2.45, 2.75) is 55.9 Å². The van der Waals surface area contributed by atoms with Gasteiger partial charge in [0.2, 0.25) is 0 Å². The van der Waals surface area contributed by atoms with Crippen molar-refractivity contribution in [3.05, 3.63) is 30.3 Å². The number of aromatic nitrogens is 3. The quantitative estimate of drug-likeness (QED) is 0.664. The molecule has 130 valence electrons. The molecule has 0 unspecified atom stereocenters. The first-order valence-electron chi connectivity index (χ1n) is 8.24. The van der Waals surface area contributed by atoms with Gasteiger partial charge in [-0.3, -0.25) is 4.57 Å². The molecule has 0 atom stereocenters. The molecule has 0 radical (unpaired) electrons. The minimum Gasteiger partial charge on any atom is -0.299 e. The number of alkyl halides is 3.